The summed E-state index contributed by atoms with van der Waals surface area (Å²) in [5.41, 5.74) is 6.93. The van der Waals surface area contributed by atoms with Crippen molar-refractivity contribution in [3.8, 4) is 0 Å². The number of methoxy groups -OCH3 is 1. The predicted octanol–water partition coefficient (Wildman–Crippen LogP) is 2.25. The maximum atomic E-state index is 12.0. The number of carbonyl (C=O) groups is 3. The topological polar surface area (TPSA) is 98.5 Å². The lowest BCUT2D eigenvalue weighted by Crippen LogP contribution is -2.20. The average molecular weight is 338 g/mol. The number of thiophene rings is 1. The van der Waals surface area contributed by atoms with Gasteiger partial charge in [-0.3, -0.25) is 14.4 Å². The summed E-state index contributed by atoms with van der Waals surface area (Å²) in [7, 11) is 1.28. The highest BCUT2D eigenvalue weighted by Crippen LogP contribution is 2.40. The van der Waals surface area contributed by atoms with Crippen LogP contribution in [0.4, 0.5) is 5.00 Å². The lowest BCUT2D eigenvalue weighted by atomic mass is 9.85. The number of hydrogen-bond donors (Lipinski definition) is 2. The summed E-state index contributed by atoms with van der Waals surface area (Å²) in [5, 5.41) is 3.24. The van der Waals surface area contributed by atoms with Gasteiger partial charge in [0, 0.05) is 11.3 Å². The van der Waals surface area contributed by atoms with Gasteiger partial charge in [0.15, 0.2) is 0 Å². The minimum atomic E-state index is -0.513. The summed E-state index contributed by atoms with van der Waals surface area (Å²) in [6.07, 6.45) is 3.91. The quantitative estimate of drug-likeness (QED) is 0.777. The van der Waals surface area contributed by atoms with E-state index in [0.717, 1.165) is 36.1 Å². The van der Waals surface area contributed by atoms with E-state index < -0.39 is 11.9 Å². The summed E-state index contributed by atoms with van der Waals surface area (Å²) in [5.74, 6) is -0.652. The Morgan fingerprint density at radius 2 is 2.09 bits per heavy atom. The Labute approximate surface area is 139 Å². The number of esters is 1. The molecule has 0 spiro atoms. The number of nitrogens with two attached hydrogens (primary N) is 1. The SMILES string of the molecule is CCC1CCc2c(sc(NC(=O)CCC(=O)OC)c2C(N)=O)C1. The Morgan fingerprint density at radius 3 is 2.70 bits per heavy atom. The Balaban J connectivity index is 2.15. The van der Waals surface area contributed by atoms with Crippen molar-refractivity contribution in [2.24, 2.45) is 11.7 Å². The molecule has 7 heteroatoms. The number of ether oxygens (including phenoxy) is 1. The summed E-state index contributed by atoms with van der Waals surface area (Å²) in [4.78, 5) is 36.0. The number of amides is 2. The number of hydrogen-bond acceptors (Lipinski definition) is 5. The monoisotopic (exact) mass is 338 g/mol. The van der Waals surface area contributed by atoms with Crippen molar-refractivity contribution in [2.45, 2.75) is 45.4 Å². The van der Waals surface area contributed by atoms with Gasteiger partial charge in [0.2, 0.25) is 5.91 Å². The molecular formula is C16H22N2O4S. The van der Waals surface area contributed by atoms with Gasteiger partial charge < -0.3 is 15.8 Å². The lowest BCUT2D eigenvalue weighted by Gasteiger charge is -2.20. The molecule has 1 aromatic rings. The first-order chi connectivity index (χ1) is 11.0. The molecule has 0 saturated heterocycles. The third-order valence-corrected chi connectivity index (χ3v) is 5.40. The van der Waals surface area contributed by atoms with Crippen LogP contribution < -0.4 is 11.1 Å². The molecule has 0 aromatic carbocycles. The van der Waals surface area contributed by atoms with E-state index in [0.29, 0.717) is 16.5 Å². The van der Waals surface area contributed by atoms with E-state index in [9.17, 15) is 14.4 Å². The van der Waals surface area contributed by atoms with E-state index in [-0.39, 0.29) is 18.7 Å². The number of anilines is 1. The molecule has 3 N–H and O–H groups in total. The highest BCUT2D eigenvalue weighted by Gasteiger charge is 2.28. The molecule has 1 unspecified atom stereocenters. The minimum Gasteiger partial charge on any atom is -0.469 e. The van der Waals surface area contributed by atoms with E-state index in [1.807, 2.05) is 0 Å². The maximum Gasteiger partial charge on any atom is 0.306 e. The van der Waals surface area contributed by atoms with Crippen LogP contribution >= 0.6 is 11.3 Å². The second kappa shape index (κ2) is 7.59. The number of fused-ring (bicyclic) bond motifs is 1. The number of rotatable bonds is 6. The van der Waals surface area contributed by atoms with E-state index in [2.05, 4.69) is 17.0 Å². The predicted molar refractivity (Wildman–Crippen MR) is 88.5 cm³/mol. The normalized spacial score (nSPS) is 16.5. The molecule has 1 heterocycles. The maximum absolute atomic E-state index is 12.0. The second-order valence-corrected chi connectivity index (χ2v) is 6.82. The number of carbonyl (C=O) groups excluding carboxylic acids is 3. The zero-order valence-corrected chi connectivity index (χ0v) is 14.3. The largest absolute Gasteiger partial charge is 0.469 e. The standard InChI is InChI=1S/C16H22N2O4S/c1-3-9-4-5-10-11(8-9)23-16(14(10)15(17)21)18-12(19)6-7-13(20)22-2/h9H,3-8H2,1-2H3,(H2,17,21)(H,18,19). The number of primary amides is 1. The molecule has 1 aliphatic rings. The molecule has 2 rings (SSSR count). The van der Waals surface area contributed by atoms with Gasteiger partial charge in [-0.1, -0.05) is 13.3 Å². The number of nitrogens with one attached hydrogen (secondary N) is 1. The molecular weight excluding hydrogens is 316 g/mol. The van der Waals surface area contributed by atoms with Crippen LogP contribution in [0.15, 0.2) is 0 Å². The molecule has 2 amide bonds. The van der Waals surface area contributed by atoms with Crippen LogP contribution in [0.3, 0.4) is 0 Å². The van der Waals surface area contributed by atoms with Crippen molar-refractivity contribution in [1.29, 1.82) is 0 Å². The van der Waals surface area contributed by atoms with Crippen LogP contribution in [0, 0.1) is 5.92 Å². The van der Waals surface area contributed by atoms with Gasteiger partial charge in [0.1, 0.15) is 5.00 Å². The zero-order valence-electron chi connectivity index (χ0n) is 13.4. The highest BCUT2D eigenvalue weighted by atomic mass is 32.1. The molecule has 0 fully saturated rings. The van der Waals surface area contributed by atoms with Crippen molar-refractivity contribution < 1.29 is 19.1 Å². The van der Waals surface area contributed by atoms with Crippen LogP contribution in [0.5, 0.6) is 0 Å². The Bertz CT molecular complexity index is 624. The van der Waals surface area contributed by atoms with Crippen molar-refractivity contribution in [3.63, 3.8) is 0 Å². The smallest absolute Gasteiger partial charge is 0.306 e. The van der Waals surface area contributed by atoms with Crippen molar-refractivity contribution in [2.75, 3.05) is 12.4 Å². The van der Waals surface area contributed by atoms with Crippen LogP contribution in [0.25, 0.3) is 0 Å². The molecule has 6 nitrogen and oxygen atoms in total. The van der Waals surface area contributed by atoms with Crippen LogP contribution in [0.2, 0.25) is 0 Å². The molecule has 23 heavy (non-hydrogen) atoms. The van der Waals surface area contributed by atoms with Gasteiger partial charge in [-0.15, -0.1) is 11.3 Å². The van der Waals surface area contributed by atoms with E-state index in [1.165, 1.54) is 18.4 Å². The first kappa shape index (κ1) is 17.5. The van der Waals surface area contributed by atoms with Gasteiger partial charge in [-0.25, -0.2) is 0 Å². The average Bonchev–Trinajstić information content (AvgIpc) is 2.89. The fraction of sp³-hybridized carbons (Fsp3) is 0.562. The van der Waals surface area contributed by atoms with Crippen LogP contribution in [0.1, 0.15) is 53.4 Å². The fourth-order valence-corrected chi connectivity index (χ4v) is 4.24. The first-order valence-electron chi connectivity index (χ1n) is 7.77. The summed E-state index contributed by atoms with van der Waals surface area (Å²) < 4.78 is 4.51. The minimum absolute atomic E-state index is 0.0111. The van der Waals surface area contributed by atoms with Crippen LogP contribution in [-0.4, -0.2) is 24.9 Å². The van der Waals surface area contributed by atoms with Gasteiger partial charge >= 0.3 is 5.97 Å². The lowest BCUT2D eigenvalue weighted by molar-refractivity contribution is -0.141. The van der Waals surface area contributed by atoms with E-state index >= 15 is 0 Å². The molecule has 0 radical (unpaired) electrons. The third-order valence-electron chi connectivity index (χ3n) is 4.23. The Hall–Kier alpha value is -1.89. The molecule has 126 valence electrons. The second-order valence-electron chi connectivity index (χ2n) is 5.71. The first-order valence-corrected chi connectivity index (χ1v) is 8.58. The summed E-state index contributed by atoms with van der Waals surface area (Å²) >= 11 is 1.43. The van der Waals surface area contributed by atoms with Gasteiger partial charge in [0.25, 0.3) is 5.91 Å². The molecule has 0 aliphatic heterocycles. The van der Waals surface area contributed by atoms with E-state index in [1.54, 1.807) is 0 Å². The molecule has 1 aromatic heterocycles. The highest BCUT2D eigenvalue weighted by molar-refractivity contribution is 7.17. The summed E-state index contributed by atoms with van der Waals surface area (Å²) in [6, 6.07) is 0. The van der Waals surface area contributed by atoms with Gasteiger partial charge in [-0.05, 0) is 30.7 Å². The molecule has 1 aliphatic carbocycles. The fourth-order valence-electron chi connectivity index (χ4n) is 2.86. The van der Waals surface area contributed by atoms with Crippen molar-refractivity contribution >= 4 is 34.1 Å². The Morgan fingerprint density at radius 1 is 1.35 bits per heavy atom. The zero-order chi connectivity index (χ0) is 17.0. The summed E-state index contributed by atoms with van der Waals surface area (Å²) in [6.45, 7) is 2.16. The third kappa shape index (κ3) is 4.10. The van der Waals surface area contributed by atoms with Crippen molar-refractivity contribution in [1.82, 2.24) is 0 Å². The van der Waals surface area contributed by atoms with E-state index in [4.69, 9.17) is 5.73 Å². The van der Waals surface area contributed by atoms with Gasteiger partial charge in [0.05, 0.1) is 19.1 Å². The van der Waals surface area contributed by atoms with Crippen LogP contribution in [-0.2, 0) is 27.2 Å². The van der Waals surface area contributed by atoms with Crippen molar-refractivity contribution in [3.05, 3.63) is 16.0 Å². The Kier molecular flexibility index (Phi) is 5.76. The van der Waals surface area contributed by atoms with Gasteiger partial charge in [-0.2, -0.15) is 0 Å². The molecule has 0 saturated carbocycles. The molecule has 1 atom stereocenters. The molecule has 0 bridgehead atoms.